The minimum atomic E-state index is -4.79. The molecule has 1 aliphatic heterocycles. The van der Waals surface area contributed by atoms with Gasteiger partial charge < -0.3 is 19.7 Å². The van der Waals surface area contributed by atoms with Crippen LogP contribution in [0.5, 0.6) is 5.75 Å². The number of aryl methyl sites for hydroxylation is 2. The maximum absolute atomic E-state index is 12.4. The number of carbonyl (C=O) groups is 2. The molecule has 43 heavy (non-hydrogen) atoms. The number of rotatable bonds is 11. The molecule has 234 valence electrons. The number of hydrogen-bond donors (Lipinski definition) is 1. The van der Waals surface area contributed by atoms with Gasteiger partial charge in [0.2, 0.25) is 0 Å². The highest BCUT2D eigenvalue weighted by Crippen LogP contribution is 2.24. The third-order valence-corrected chi connectivity index (χ3v) is 6.72. The summed E-state index contributed by atoms with van der Waals surface area (Å²) in [5.41, 5.74) is 0.958. The lowest BCUT2D eigenvalue weighted by Crippen LogP contribution is -2.42. The lowest BCUT2D eigenvalue weighted by atomic mass is 9.97. The molecular weight excluding hydrogens is 569 g/mol. The monoisotopic (exact) mass is 606 g/mol. The summed E-state index contributed by atoms with van der Waals surface area (Å²) < 4.78 is 50.1. The van der Waals surface area contributed by atoms with Gasteiger partial charge in [0, 0.05) is 38.9 Å². The van der Waals surface area contributed by atoms with Gasteiger partial charge >= 0.3 is 12.5 Å². The van der Waals surface area contributed by atoms with Gasteiger partial charge in [0.15, 0.2) is 5.69 Å². The van der Waals surface area contributed by atoms with Crippen LogP contribution in [-0.2, 0) is 30.8 Å². The van der Waals surface area contributed by atoms with Crippen molar-refractivity contribution in [2.45, 2.75) is 84.5 Å². The van der Waals surface area contributed by atoms with Gasteiger partial charge in [0.1, 0.15) is 11.4 Å². The highest BCUT2D eigenvalue weighted by atomic mass is 19.4. The number of unbranched alkanes of at least 4 members (excludes halogenated alkanes) is 1. The minimum absolute atomic E-state index is 0.00665. The number of benzene rings is 1. The van der Waals surface area contributed by atoms with Crippen LogP contribution >= 0.6 is 0 Å². The van der Waals surface area contributed by atoms with Crippen LogP contribution in [0.15, 0.2) is 36.7 Å². The van der Waals surface area contributed by atoms with E-state index in [2.05, 4.69) is 30.7 Å². The van der Waals surface area contributed by atoms with E-state index >= 15 is 0 Å². The summed E-state index contributed by atoms with van der Waals surface area (Å²) in [5.74, 6) is -0.425. The number of alkyl halides is 3. The van der Waals surface area contributed by atoms with Crippen molar-refractivity contribution in [1.82, 2.24) is 40.2 Å². The van der Waals surface area contributed by atoms with Gasteiger partial charge in [0.25, 0.3) is 5.91 Å². The van der Waals surface area contributed by atoms with Gasteiger partial charge in [-0.15, -0.1) is 23.4 Å². The number of nitrogens with one attached hydrogen (secondary N) is 1. The highest BCUT2D eigenvalue weighted by molar-refractivity contribution is 5.91. The predicted molar refractivity (Wildman–Crippen MR) is 148 cm³/mol. The second kappa shape index (κ2) is 13.9. The first-order valence-corrected chi connectivity index (χ1v) is 14.2. The second-order valence-corrected chi connectivity index (χ2v) is 11.5. The maximum Gasteiger partial charge on any atom is 0.573 e. The molecule has 2 aromatic heterocycles. The fourth-order valence-corrected chi connectivity index (χ4v) is 4.65. The number of likely N-dealkylation sites (tertiary alicyclic amines) is 1. The lowest BCUT2D eigenvalue weighted by Gasteiger charge is -2.33. The first-order chi connectivity index (χ1) is 20.3. The molecule has 1 aliphatic rings. The molecule has 0 radical (unpaired) electrons. The van der Waals surface area contributed by atoms with Gasteiger partial charge in [-0.1, -0.05) is 22.6 Å². The van der Waals surface area contributed by atoms with Crippen molar-refractivity contribution in [3.8, 4) is 5.75 Å². The van der Waals surface area contributed by atoms with E-state index in [9.17, 15) is 22.8 Å². The van der Waals surface area contributed by atoms with Gasteiger partial charge in [-0.25, -0.2) is 4.79 Å². The summed E-state index contributed by atoms with van der Waals surface area (Å²) in [7, 11) is 0. The van der Waals surface area contributed by atoms with Gasteiger partial charge in [-0.05, 0) is 76.5 Å². The number of ether oxygens (including phenoxy) is 2. The summed E-state index contributed by atoms with van der Waals surface area (Å²) in [6, 6.07) is 5.39. The number of halogens is 3. The van der Waals surface area contributed by atoms with E-state index in [1.807, 2.05) is 31.6 Å². The molecule has 0 aliphatic carbocycles. The van der Waals surface area contributed by atoms with E-state index in [0.29, 0.717) is 31.1 Å². The topological polar surface area (TPSA) is 129 Å². The largest absolute Gasteiger partial charge is 0.573 e. The van der Waals surface area contributed by atoms with Crippen molar-refractivity contribution in [1.29, 1.82) is 0 Å². The third-order valence-electron chi connectivity index (χ3n) is 6.72. The van der Waals surface area contributed by atoms with Crippen LogP contribution < -0.4 is 10.1 Å². The molecule has 1 saturated heterocycles. The first kappa shape index (κ1) is 31.8. The summed E-state index contributed by atoms with van der Waals surface area (Å²) in [6.45, 7) is 8.25. The number of amides is 2. The number of carbonyl (C=O) groups excluding carboxylic acids is 2. The Morgan fingerprint density at radius 3 is 2.49 bits per heavy atom. The Kier molecular flexibility index (Phi) is 10.2. The van der Waals surface area contributed by atoms with E-state index in [0.717, 1.165) is 44.3 Å². The Labute approximate surface area is 247 Å². The van der Waals surface area contributed by atoms with Crippen LogP contribution in [0.2, 0.25) is 0 Å². The normalized spacial score (nSPS) is 14.5. The van der Waals surface area contributed by atoms with E-state index in [4.69, 9.17) is 4.74 Å². The summed E-state index contributed by atoms with van der Waals surface area (Å²) >= 11 is 0. The predicted octanol–water partition coefficient (Wildman–Crippen LogP) is 4.37. The summed E-state index contributed by atoms with van der Waals surface area (Å²) in [5, 5.41) is 19.1. The van der Waals surface area contributed by atoms with Crippen LogP contribution in [0.25, 0.3) is 0 Å². The fourth-order valence-electron chi connectivity index (χ4n) is 4.65. The van der Waals surface area contributed by atoms with Crippen molar-refractivity contribution in [3.05, 3.63) is 53.6 Å². The van der Waals surface area contributed by atoms with Gasteiger partial charge in [0.05, 0.1) is 11.9 Å². The van der Waals surface area contributed by atoms with Crippen LogP contribution in [-0.4, -0.2) is 71.9 Å². The molecule has 12 nitrogen and oxygen atoms in total. The summed E-state index contributed by atoms with van der Waals surface area (Å²) in [6.07, 6.45) is 2.58. The zero-order chi connectivity index (χ0) is 31.0. The molecule has 4 rings (SSSR count). The van der Waals surface area contributed by atoms with E-state index in [1.54, 1.807) is 15.6 Å². The molecule has 3 aromatic rings. The molecule has 2 amide bonds. The van der Waals surface area contributed by atoms with E-state index in [1.165, 1.54) is 24.4 Å². The Bertz CT molecular complexity index is 1360. The zero-order valence-electron chi connectivity index (χ0n) is 24.5. The molecular formula is C28H37F3N8O4. The van der Waals surface area contributed by atoms with Gasteiger partial charge in [-0.2, -0.15) is 0 Å². The molecule has 0 unspecified atom stereocenters. The third kappa shape index (κ3) is 10.6. The van der Waals surface area contributed by atoms with Crippen LogP contribution in [0.4, 0.5) is 18.0 Å². The first-order valence-electron chi connectivity index (χ1n) is 14.2. The molecule has 15 heteroatoms. The zero-order valence-corrected chi connectivity index (χ0v) is 24.5. The SMILES string of the molecule is CC(C)(C)OC(=O)N1CCC(Cn2cc(CCCCn3cc(C(=O)NCc4cccc(OC(F)(F)F)c4)nn3)nn2)CC1. The van der Waals surface area contributed by atoms with Crippen molar-refractivity contribution < 1.29 is 32.2 Å². The molecule has 0 spiro atoms. The molecule has 1 fully saturated rings. The molecule has 0 atom stereocenters. The Morgan fingerprint density at radius 1 is 1.02 bits per heavy atom. The number of piperidine rings is 1. The number of nitrogens with zero attached hydrogens (tertiary/aromatic N) is 7. The van der Waals surface area contributed by atoms with E-state index < -0.39 is 17.9 Å². The van der Waals surface area contributed by atoms with Crippen LogP contribution in [0, 0.1) is 5.92 Å². The van der Waals surface area contributed by atoms with Gasteiger partial charge in [-0.3, -0.25) is 14.2 Å². The molecule has 1 N–H and O–H groups in total. The molecule has 0 bridgehead atoms. The van der Waals surface area contributed by atoms with Crippen LogP contribution in [0.1, 0.15) is 68.2 Å². The summed E-state index contributed by atoms with van der Waals surface area (Å²) in [4.78, 5) is 26.5. The lowest BCUT2D eigenvalue weighted by molar-refractivity contribution is -0.274. The number of hydrogen-bond acceptors (Lipinski definition) is 8. The maximum atomic E-state index is 12.4. The van der Waals surface area contributed by atoms with Crippen molar-refractivity contribution in [3.63, 3.8) is 0 Å². The highest BCUT2D eigenvalue weighted by Gasteiger charge is 2.31. The Morgan fingerprint density at radius 2 is 1.77 bits per heavy atom. The smallest absolute Gasteiger partial charge is 0.444 e. The quantitative estimate of drug-likeness (QED) is 0.319. The van der Waals surface area contributed by atoms with Crippen molar-refractivity contribution >= 4 is 12.0 Å². The Hall–Kier alpha value is -4.17. The van der Waals surface area contributed by atoms with E-state index in [-0.39, 0.29) is 24.1 Å². The fraction of sp³-hybridized carbons (Fsp3) is 0.571. The van der Waals surface area contributed by atoms with Crippen molar-refractivity contribution in [2.75, 3.05) is 13.1 Å². The number of aromatic nitrogens is 6. The van der Waals surface area contributed by atoms with Crippen LogP contribution in [0.3, 0.4) is 0 Å². The Balaban J connectivity index is 1.13. The average molecular weight is 607 g/mol. The second-order valence-electron chi connectivity index (χ2n) is 11.5. The minimum Gasteiger partial charge on any atom is -0.444 e. The average Bonchev–Trinajstić information content (AvgIpc) is 3.58. The standard InChI is InChI=1S/C28H37F3N8O4/c1-27(2,3)43-26(41)37-13-10-20(11-14-37)17-39-18-22(33-35-39)8-4-5-12-38-19-24(34-36-38)25(40)32-16-21-7-6-9-23(15-21)42-28(29,30)31/h6-7,9,15,18-20H,4-5,8,10-14,16-17H2,1-3H3,(H,32,40). The molecule has 3 heterocycles. The molecule has 1 aromatic carbocycles. The van der Waals surface area contributed by atoms with Crippen molar-refractivity contribution in [2.24, 2.45) is 5.92 Å². The molecule has 0 saturated carbocycles.